The first-order chi connectivity index (χ1) is 11.2. The number of hydrogen-bond donors (Lipinski definition) is 0. The summed E-state index contributed by atoms with van der Waals surface area (Å²) in [5.41, 5.74) is 1.68. The molecule has 1 unspecified atom stereocenters. The van der Waals surface area contributed by atoms with Gasteiger partial charge in [-0.25, -0.2) is 4.39 Å². The maximum atomic E-state index is 13.2. The van der Waals surface area contributed by atoms with Crippen molar-refractivity contribution < 1.29 is 9.18 Å². The summed E-state index contributed by atoms with van der Waals surface area (Å²) in [7, 11) is 0. The van der Waals surface area contributed by atoms with E-state index < -0.39 is 0 Å². The minimum Gasteiger partial charge on any atom is -0.307 e. The quantitative estimate of drug-likeness (QED) is 0.845. The van der Waals surface area contributed by atoms with Gasteiger partial charge in [0.15, 0.2) is 0 Å². The van der Waals surface area contributed by atoms with Gasteiger partial charge in [-0.05, 0) is 35.9 Å². The van der Waals surface area contributed by atoms with E-state index in [4.69, 9.17) is 0 Å². The minimum absolute atomic E-state index is 0.0459. The van der Waals surface area contributed by atoms with E-state index in [1.807, 2.05) is 23.9 Å². The summed E-state index contributed by atoms with van der Waals surface area (Å²) in [6.45, 7) is 0.444. The largest absolute Gasteiger partial charge is 0.307 e. The number of amides is 1. The van der Waals surface area contributed by atoms with Crippen molar-refractivity contribution >= 4 is 35.1 Å². The molecule has 1 aliphatic heterocycles. The van der Waals surface area contributed by atoms with E-state index in [1.165, 1.54) is 12.1 Å². The summed E-state index contributed by atoms with van der Waals surface area (Å²) in [6, 6.07) is 9.89. The SMILES string of the molecule is O=C(C1CSCCS1)N(Cc1cccnc1)c1ccc(F)cc1. The van der Waals surface area contributed by atoms with Crippen LogP contribution in [0.1, 0.15) is 5.56 Å². The Bertz CT molecular complexity index is 645. The number of thioether (sulfide) groups is 2. The normalized spacial score (nSPS) is 17.7. The first kappa shape index (κ1) is 16.3. The average molecular weight is 348 g/mol. The molecule has 23 heavy (non-hydrogen) atoms. The fourth-order valence-electron chi connectivity index (χ4n) is 2.40. The van der Waals surface area contributed by atoms with E-state index in [0.29, 0.717) is 6.54 Å². The van der Waals surface area contributed by atoms with Gasteiger partial charge in [-0.2, -0.15) is 11.8 Å². The third kappa shape index (κ3) is 4.26. The fourth-order valence-corrected chi connectivity index (χ4v) is 5.00. The number of carbonyl (C=O) groups is 1. The standard InChI is InChI=1S/C17H17FN2OS2/c18-14-3-5-15(6-4-14)20(11-13-2-1-7-19-10-13)17(21)16-12-22-8-9-23-16/h1-7,10,16H,8-9,11-12H2. The Kier molecular flexibility index (Phi) is 5.56. The molecule has 0 N–H and O–H groups in total. The van der Waals surface area contributed by atoms with Crippen LogP contribution < -0.4 is 4.90 Å². The molecule has 1 aromatic heterocycles. The van der Waals surface area contributed by atoms with Gasteiger partial charge < -0.3 is 4.90 Å². The smallest absolute Gasteiger partial charge is 0.241 e. The monoisotopic (exact) mass is 348 g/mol. The highest BCUT2D eigenvalue weighted by Crippen LogP contribution is 2.28. The van der Waals surface area contributed by atoms with Crippen LogP contribution in [-0.2, 0) is 11.3 Å². The first-order valence-electron chi connectivity index (χ1n) is 7.39. The van der Waals surface area contributed by atoms with Crippen molar-refractivity contribution in [3.8, 4) is 0 Å². The zero-order valence-electron chi connectivity index (χ0n) is 12.5. The zero-order chi connectivity index (χ0) is 16.1. The summed E-state index contributed by atoms with van der Waals surface area (Å²) in [5, 5.41) is -0.0459. The van der Waals surface area contributed by atoms with Gasteiger partial charge in [0.25, 0.3) is 0 Å². The summed E-state index contributed by atoms with van der Waals surface area (Å²) >= 11 is 3.52. The number of pyridine rings is 1. The Labute approximate surface area is 143 Å². The molecule has 120 valence electrons. The molecule has 0 bridgehead atoms. The van der Waals surface area contributed by atoms with Crippen LogP contribution in [0.5, 0.6) is 0 Å². The third-order valence-electron chi connectivity index (χ3n) is 3.56. The Morgan fingerprint density at radius 1 is 1.26 bits per heavy atom. The van der Waals surface area contributed by atoms with Gasteiger partial charge in [0.2, 0.25) is 5.91 Å². The number of benzene rings is 1. The van der Waals surface area contributed by atoms with E-state index in [-0.39, 0.29) is 17.0 Å². The molecule has 3 rings (SSSR count). The molecular formula is C17H17FN2OS2. The van der Waals surface area contributed by atoms with Crippen LogP contribution in [0.2, 0.25) is 0 Å². The molecule has 1 amide bonds. The number of rotatable bonds is 4. The van der Waals surface area contributed by atoms with Crippen LogP contribution in [-0.4, -0.2) is 33.4 Å². The van der Waals surface area contributed by atoms with Gasteiger partial charge in [0.05, 0.1) is 11.8 Å². The van der Waals surface area contributed by atoms with Crippen molar-refractivity contribution in [3.63, 3.8) is 0 Å². The molecule has 0 aliphatic carbocycles. The van der Waals surface area contributed by atoms with Gasteiger partial charge in [-0.1, -0.05) is 6.07 Å². The number of halogens is 1. The molecule has 1 saturated heterocycles. The number of hydrogen-bond acceptors (Lipinski definition) is 4. The van der Waals surface area contributed by atoms with E-state index >= 15 is 0 Å². The Balaban J connectivity index is 1.85. The van der Waals surface area contributed by atoms with Gasteiger partial charge in [-0.3, -0.25) is 9.78 Å². The summed E-state index contributed by atoms with van der Waals surface area (Å²) < 4.78 is 13.2. The molecule has 2 heterocycles. The molecule has 0 radical (unpaired) electrons. The fraction of sp³-hybridized carbons (Fsp3) is 0.294. The topological polar surface area (TPSA) is 33.2 Å². The molecule has 3 nitrogen and oxygen atoms in total. The first-order valence-corrected chi connectivity index (χ1v) is 9.59. The van der Waals surface area contributed by atoms with Crippen molar-refractivity contribution in [2.45, 2.75) is 11.8 Å². The lowest BCUT2D eigenvalue weighted by Crippen LogP contribution is -2.40. The van der Waals surface area contributed by atoms with Crippen molar-refractivity contribution in [2.24, 2.45) is 0 Å². The molecule has 0 saturated carbocycles. The predicted molar refractivity (Wildman–Crippen MR) is 95.4 cm³/mol. The van der Waals surface area contributed by atoms with Gasteiger partial charge in [0.1, 0.15) is 5.82 Å². The lowest BCUT2D eigenvalue weighted by atomic mass is 10.2. The molecule has 1 aromatic carbocycles. The predicted octanol–water partition coefficient (Wildman–Crippen LogP) is 3.60. The molecule has 0 spiro atoms. The van der Waals surface area contributed by atoms with Gasteiger partial charge in [0, 0.05) is 35.3 Å². The summed E-state index contributed by atoms with van der Waals surface area (Å²) in [5.74, 6) is 2.69. The van der Waals surface area contributed by atoms with Crippen LogP contribution in [0.25, 0.3) is 0 Å². The molecular weight excluding hydrogens is 331 g/mol. The molecule has 1 fully saturated rings. The highest BCUT2D eigenvalue weighted by atomic mass is 32.2. The summed E-state index contributed by atoms with van der Waals surface area (Å²) in [4.78, 5) is 18.8. The lowest BCUT2D eigenvalue weighted by molar-refractivity contribution is -0.117. The van der Waals surface area contributed by atoms with Crippen LogP contribution in [0.3, 0.4) is 0 Å². The Hall–Kier alpha value is -1.53. The van der Waals surface area contributed by atoms with Crippen molar-refractivity contribution in [1.82, 2.24) is 4.98 Å². The second-order valence-electron chi connectivity index (χ2n) is 5.20. The van der Waals surface area contributed by atoms with E-state index in [9.17, 15) is 9.18 Å². The molecule has 1 atom stereocenters. The third-order valence-corrected chi connectivity index (χ3v) is 6.30. The average Bonchev–Trinajstić information content (AvgIpc) is 2.62. The van der Waals surface area contributed by atoms with Crippen molar-refractivity contribution in [3.05, 3.63) is 60.2 Å². The Morgan fingerprint density at radius 2 is 2.09 bits per heavy atom. The number of anilines is 1. The van der Waals surface area contributed by atoms with Crippen LogP contribution in [0, 0.1) is 5.82 Å². The van der Waals surface area contributed by atoms with Crippen molar-refractivity contribution in [1.29, 1.82) is 0 Å². The summed E-state index contributed by atoms with van der Waals surface area (Å²) in [6.07, 6.45) is 3.47. The van der Waals surface area contributed by atoms with Crippen LogP contribution in [0.15, 0.2) is 48.8 Å². The molecule has 1 aliphatic rings. The van der Waals surface area contributed by atoms with Crippen molar-refractivity contribution in [2.75, 3.05) is 22.2 Å². The minimum atomic E-state index is -0.301. The maximum Gasteiger partial charge on any atom is 0.241 e. The highest BCUT2D eigenvalue weighted by Gasteiger charge is 2.28. The maximum absolute atomic E-state index is 13.2. The van der Waals surface area contributed by atoms with Gasteiger partial charge >= 0.3 is 0 Å². The van der Waals surface area contributed by atoms with E-state index in [2.05, 4.69) is 4.98 Å². The number of carbonyl (C=O) groups excluding carboxylic acids is 1. The highest BCUT2D eigenvalue weighted by molar-refractivity contribution is 8.07. The van der Waals surface area contributed by atoms with E-state index in [1.54, 1.807) is 41.2 Å². The zero-order valence-corrected chi connectivity index (χ0v) is 14.2. The second kappa shape index (κ2) is 7.84. The Morgan fingerprint density at radius 3 is 2.74 bits per heavy atom. The second-order valence-corrected chi connectivity index (χ2v) is 7.66. The molecule has 2 aromatic rings. The number of nitrogens with zero attached hydrogens (tertiary/aromatic N) is 2. The lowest BCUT2D eigenvalue weighted by Gasteiger charge is -2.29. The number of aromatic nitrogens is 1. The van der Waals surface area contributed by atoms with Crippen LogP contribution in [0.4, 0.5) is 10.1 Å². The van der Waals surface area contributed by atoms with E-state index in [0.717, 1.165) is 28.5 Å². The van der Waals surface area contributed by atoms with Gasteiger partial charge in [-0.15, -0.1) is 11.8 Å². The molecule has 6 heteroatoms. The van der Waals surface area contributed by atoms with Crippen LogP contribution >= 0.6 is 23.5 Å².